The van der Waals surface area contributed by atoms with Crippen LogP contribution in [0.4, 0.5) is 4.39 Å². The lowest BCUT2D eigenvalue weighted by Gasteiger charge is -2.06. The number of aromatic carboxylic acids is 1. The van der Waals surface area contributed by atoms with Crippen LogP contribution in [0.25, 0.3) is 10.9 Å². The van der Waals surface area contributed by atoms with Crippen molar-refractivity contribution in [2.75, 3.05) is 0 Å². The lowest BCUT2D eigenvalue weighted by Crippen LogP contribution is -1.99. The zero-order chi connectivity index (χ0) is 15.0. The van der Waals surface area contributed by atoms with Crippen LogP contribution in [-0.4, -0.2) is 15.6 Å². The third kappa shape index (κ3) is 2.69. The highest BCUT2D eigenvalue weighted by atomic mass is 79.9. The third-order valence-electron chi connectivity index (χ3n) is 3.29. The number of aromatic nitrogens is 1. The Morgan fingerprint density at radius 1 is 1.24 bits per heavy atom. The molecule has 0 saturated carbocycles. The smallest absolute Gasteiger partial charge is 0.337 e. The van der Waals surface area contributed by atoms with Gasteiger partial charge in [-0.15, -0.1) is 0 Å². The Morgan fingerprint density at radius 3 is 2.71 bits per heavy atom. The van der Waals surface area contributed by atoms with Gasteiger partial charge in [0.15, 0.2) is 0 Å². The second-order valence-electron chi connectivity index (χ2n) is 4.77. The minimum Gasteiger partial charge on any atom is -0.478 e. The standard InChI is InChI=1S/C16H11BrFNO2/c17-11-5-10(6-12(18)7-11)8-19-9-14(16(20)21)13-3-1-2-4-15(13)19/h1-7,9H,8H2,(H,20,21). The fourth-order valence-electron chi connectivity index (χ4n) is 2.45. The van der Waals surface area contributed by atoms with Gasteiger partial charge >= 0.3 is 5.97 Å². The number of carboxylic acids is 1. The van der Waals surface area contributed by atoms with Crippen LogP contribution in [0.1, 0.15) is 15.9 Å². The molecule has 0 atom stereocenters. The number of rotatable bonds is 3. The second kappa shape index (κ2) is 5.33. The van der Waals surface area contributed by atoms with Gasteiger partial charge in [0.25, 0.3) is 0 Å². The summed E-state index contributed by atoms with van der Waals surface area (Å²) in [6.45, 7) is 0.407. The van der Waals surface area contributed by atoms with Gasteiger partial charge in [-0.3, -0.25) is 0 Å². The van der Waals surface area contributed by atoms with Crippen molar-refractivity contribution >= 4 is 32.8 Å². The van der Waals surface area contributed by atoms with E-state index in [0.29, 0.717) is 16.4 Å². The number of carboxylic acid groups (broad SMARTS) is 1. The maximum absolute atomic E-state index is 13.4. The van der Waals surface area contributed by atoms with Crippen LogP contribution >= 0.6 is 15.9 Å². The van der Waals surface area contributed by atoms with Crippen LogP contribution in [0.3, 0.4) is 0 Å². The van der Waals surface area contributed by atoms with Crippen molar-refractivity contribution in [1.29, 1.82) is 0 Å². The van der Waals surface area contributed by atoms with Crippen LogP contribution in [0.15, 0.2) is 53.1 Å². The van der Waals surface area contributed by atoms with Crippen molar-refractivity contribution in [3.8, 4) is 0 Å². The molecule has 0 spiro atoms. The van der Waals surface area contributed by atoms with Crippen molar-refractivity contribution in [1.82, 2.24) is 4.57 Å². The number of nitrogens with zero attached hydrogens (tertiary/aromatic N) is 1. The fraction of sp³-hybridized carbons (Fsp3) is 0.0625. The highest BCUT2D eigenvalue weighted by Crippen LogP contribution is 2.23. The van der Waals surface area contributed by atoms with Crippen molar-refractivity contribution in [3.63, 3.8) is 0 Å². The van der Waals surface area contributed by atoms with Gasteiger partial charge in [-0.1, -0.05) is 34.1 Å². The number of benzene rings is 2. The van der Waals surface area contributed by atoms with Crippen molar-refractivity contribution in [3.05, 3.63) is 70.1 Å². The summed E-state index contributed by atoms with van der Waals surface area (Å²) in [7, 11) is 0. The number of para-hydroxylation sites is 1. The molecule has 0 radical (unpaired) electrons. The summed E-state index contributed by atoms with van der Waals surface area (Å²) in [5, 5.41) is 9.95. The van der Waals surface area contributed by atoms with E-state index in [-0.39, 0.29) is 11.4 Å². The Morgan fingerprint density at radius 2 is 2.00 bits per heavy atom. The quantitative estimate of drug-likeness (QED) is 0.767. The van der Waals surface area contributed by atoms with Gasteiger partial charge in [-0.05, 0) is 29.8 Å². The van der Waals surface area contributed by atoms with Gasteiger partial charge in [-0.2, -0.15) is 0 Å². The lowest BCUT2D eigenvalue weighted by atomic mass is 10.2. The molecule has 1 N–H and O–H groups in total. The summed E-state index contributed by atoms with van der Waals surface area (Å²) in [6.07, 6.45) is 1.59. The molecule has 1 aromatic heterocycles. The summed E-state index contributed by atoms with van der Waals surface area (Å²) in [5.74, 6) is -1.29. The zero-order valence-corrected chi connectivity index (χ0v) is 12.5. The van der Waals surface area contributed by atoms with E-state index in [1.165, 1.54) is 12.1 Å². The second-order valence-corrected chi connectivity index (χ2v) is 5.69. The Hall–Kier alpha value is -2.14. The zero-order valence-electron chi connectivity index (χ0n) is 10.9. The average Bonchev–Trinajstić information content (AvgIpc) is 2.77. The molecule has 0 aliphatic carbocycles. The van der Waals surface area contributed by atoms with Crippen LogP contribution < -0.4 is 0 Å². The molecule has 0 unspecified atom stereocenters. The molecule has 0 saturated heterocycles. The maximum Gasteiger partial charge on any atom is 0.337 e. The number of halogens is 2. The highest BCUT2D eigenvalue weighted by molar-refractivity contribution is 9.10. The van der Waals surface area contributed by atoms with Gasteiger partial charge < -0.3 is 9.67 Å². The minimum atomic E-state index is -0.967. The lowest BCUT2D eigenvalue weighted by molar-refractivity contribution is 0.0699. The molecule has 3 rings (SSSR count). The monoisotopic (exact) mass is 347 g/mol. The maximum atomic E-state index is 13.4. The van der Waals surface area contributed by atoms with Gasteiger partial charge in [0.1, 0.15) is 5.82 Å². The molecule has 106 valence electrons. The Bertz CT molecular complexity index is 821. The molecule has 3 nitrogen and oxygen atoms in total. The first-order valence-electron chi connectivity index (χ1n) is 6.31. The van der Waals surface area contributed by atoms with Crippen molar-refractivity contribution < 1.29 is 14.3 Å². The molecule has 1 heterocycles. The van der Waals surface area contributed by atoms with E-state index in [0.717, 1.165) is 11.1 Å². The van der Waals surface area contributed by atoms with Crippen LogP contribution in [0.2, 0.25) is 0 Å². The number of carbonyl (C=O) groups is 1. The van der Waals surface area contributed by atoms with Gasteiger partial charge in [0.2, 0.25) is 0 Å². The van der Waals surface area contributed by atoms with E-state index in [9.17, 15) is 14.3 Å². The Kier molecular flexibility index (Phi) is 3.51. The molecule has 5 heteroatoms. The Labute approximate surface area is 128 Å². The molecule has 0 amide bonds. The molecular weight excluding hydrogens is 337 g/mol. The summed E-state index contributed by atoms with van der Waals surface area (Å²) in [5.41, 5.74) is 1.83. The number of fused-ring (bicyclic) bond motifs is 1. The summed E-state index contributed by atoms with van der Waals surface area (Å²) < 4.78 is 15.9. The van der Waals surface area contributed by atoms with Crippen molar-refractivity contribution in [2.24, 2.45) is 0 Å². The van der Waals surface area contributed by atoms with E-state index in [1.807, 2.05) is 22.8 Å². The van der Waals surface area contributed by atoms with E-state index in [2.05, 4.69) is 15.9 Å². The molecule has 0 aliphatic heterocycles. The predicted molar refractivity (Wildman–Crippen MR) is 82.1 cm³/mol. The van der Waals surface area contributed by atoms with Gasteiger partial charge in [-0.25, -0.2) is 9.18 Å². The van der Waals surface area contributed by atoms with E-state index in [4.69, 9.17) is 0 Å². The molecule has 0 bridgehead atoms. The molecule has 0 fully saturated rings. The van der Waals surface area contributed by atoms with Crippen LogP contribution in [-0.2, 0) is 6.54 Å². The summed E-state index contributed by atoms with van der Waals surface area (Å²) in [6, 6.07) is 11.9. The molecule has 0 aliphatic rings. The van der Waals surface area contributed by atoms with E-state index >= 15 is 0 Å². The minimum absolute atomic E-state index is 0.251. The summed E-state index contributed by atoms with van der Waals surface area (Å²) in [4.78, 5) is 11.3. The van der Waals surface area contributed by atoms with E-state index < -0.39 is 5.97 Å². The van der Waals surface area contributed by atoms with Crippen LogP contribution in [0, 0.1) is 5.82 Å². The first kappa shape index (κ1) is 13.8. The highest BCUT2D eigenvalue weighted by Gasteiger charge is 2.14. The van der Waals surface area contributed by atoms with Gasteiger partial charge in [0.05, 0.1) is 5.56 Å². The van der Waals surface area contributed by atoms with Crippen LogP contribution in [0.5, 0.6) is 0 Å². The van der Waals surface area contributed by atoms with Crippen molar-refractivity contribution in [2.45, 2.75) is 6.54 Å². The van der Waals surface area contributed by atoms with Gasteiger partial charge in [0, 0.05) is 28.1 Å². The predicted octanol–water partition coefficient (Wildman–Crippen LogP) is 4.29. The fourth-order valence-corrected chi connectivity index (χ4v) is 2.96. The largest absolute Gasteiger partial charge is 0.478 e. The molecule has 21 heavy (non-hydrogen) atoms. The first-order valence-corrected chi connectivity index (χ1v) is 7.10. The molecule has 3 aromatic rings. The topological polar surface area (TPSA) is 42.2 Å². The first-order chi connectivity index (χ1) is 10.0. The molecule has 2 aromatic carbocycles. The number of hydrogen-bond donors (Lipinski definition) is 1. The Balaban J connectivity index is 2.10. The number of hydrogen-bond acceptors (Lipinski definition) is 1. The summed E-state index contributed by atoms with van der Waals surface area (Å²) >= 11 is 3.26. The third-order valence-corrected chi connectivity index (χ3v) is 3.75. The molecular formula is C16H11BrFNO2. The SMILES string of the molecule is O=C(O)c1cn(Cc2cc(F)cc(Br)c2)c2ccccc12. The van der Waals surface area contributed by atoms with E-state index in [1.54, 1.807) is 18.3 Å². The normalized spacial score (nSPS) is 11.0. The average molecular weight is 348 g/mol.